The Kier molecular flexibility index (Phi) is 3.84. The molecular formula is C22H16O7. The van der Waals surface area contributed by atoms with Gasteiger partial charge >= 0.3 is 11.9 Å². The number of hydrogen-bond acceptors (Lipinski definition) is 7. The molecule has 0 spiro atoms. The molecule has 0 amide bonds. The van der Waals surface area contributed by atoms with Crippen LogP contribution in [-0.4, -0.2) is 25.8 Å². The molecule has 3 aromatic rings. The predicted molar refractivity (Wildman–Crippen MR) is 102 cm³/mol. The molecular weight excluding hydrogens is 376 g/mol. The van der Waals surface area contributed by atoms with Crippen molar-refractivity contribution in [3.63, 3.8) is 0 Å². The predicted octanol–water partition coefficient (Wildman–Crippen LogP) is 3.84. The summed E-state index contributed by atoms with van der Waals surface area (Å²) in [5.74, 6) is 1.15. The Morgan fingerprint density at radius 1 is 0.966 bits per heavy atom. The lowest BCUT2D eigenvalue weighted by Gasteiger charge is -2.15. The summed E-state index contributed by atoms with van der Waals surface area (Å²) in [6.45, 7) is 1.68. The van der Waals surface area contributed by atoms with Crippen LogP contribution in [-0.2, 0) is 16.1 Å². The van der Waals surface area contributed by atoms with E-state index in [0.29, 0.717) is 34.1 Å². The Hall–Kier alpha value is -3.74. The summed E-state index contributed by atoms with van der Waals surface area (Å²) >= 11 is 0. The van der Waals surface area contributed by atoms with Crippen LogP contribution >= 0.6 is 0 Å². The van der Waals surface area contributed by atoms with Gasteiger partial charge < -0.3 is 23.7 Å². The SMILES string of the molecule is COc1cc2c(-c3ccc4c(c3)OCO4)c3c(cc2cc1OC(C)=O)COC3=O. The number of esters is 2. The molecule has 29 heavy (non-hydrogen) atoms. The first kappa shape index (κ1) is 17.4. The normalized spacial score (nSPS) is 13.9. The minimum atomic E-state index is -0.446. The Bertz CT molecular complexity index is 1200. The number of benzene rings is 3. The highest BCUT2D eigenvalue weighted by Crippen LogP contribution is 2.44. The van der Waals surface area contributed by atoms with Crippen LogP contribution in [0.3, 0.4) is 0 Å². The van der Waals surface area contributed by atoms with E-state index in [0.717, 1.165) is 21.9 Å². The van der Waals surface area contributed by atoms with Crippen molar-refractivity contribution in [3.8, 4) is 34.1 Å². The van der Waals surface area contributed by atoms with Crippen LogP contribution in [0.2, 0.25) is 0 Å². The molecule has 0 aromatic heterocycles. The fourth-order valence-electron chi connectivity index (χ4n) is 3.78. The standard InChI is InChI=1S/C22H16O7/c1-11(23)29-19-7-13-5-14-9-26-22(24)21(14)20(15(13)8-17(19)25-2)12-3-4-16-18(6-12)28-10-27-16/h3-8H,9-10H2,1-2H3. The molecule has 2 aliphatic rings. The van der Waals surface area contributed by atoms with Crippen molar-refractivity contribution >= 4 is 22.7 Å². The van der Waals surface area contributed by atoms with Crippen molar-refractivity contribution in [3.05, 3.63) is 47.5 Å². The minimum Gasteiger partial charge on any atom is -0.493 e. The fraction of sp³-hybridized carbons (Fsp3) is 0.182. The van der Waals surface area contributed by atoms with E-state index < -0.39 is 5.97 Å². The number of methoxy groups -OCH3 is 1. The van der Waals surface area contributed by atoms with Crippen LogP contribution in [0.15, 0.2) is 36.4 Å². The maximum atomic E-state index is 12.5. The molecule has 0 unspecified atom stereocenters. The number of hydrogen-bond donors (Lipinski definition) is 0. The zero-order chi connectivity index (χ0) is 20.1. The molecule has 0 atom stereocenters. The number of carbonyl (C=O) groups is 2. The summed E-state index contributed by atoms with van der Waals surface area (Å²) < 4.78 is 26.9. The van der Waals surface area contributed by atoms with Gasteiger partial charge in [0.2, 0.25) is 6.79 Å². The number of cyclic esters (lactones) is 1. The van der Waals surface area contributed by atoms with Crippen molar-refractivity contribution in [1.82, 2.24) is 0 Å². The molecule has 2 aliphatic heterocycles. The molecule has 146 valence electrons. The summed E-state index contributed by atoms with van der Waals surface area (Å²) in [5.41, 5.74) is 2.79. The van der Waals surface area contributed by atoms with E-state index in [1.165, 1.54) is 14.0 Å². The lowest BCUT2D eigenvalue weighted by atomic mass is 9.90. The Morgan fingerprint density at radius 3 is 2.59 bits per heavy atom. The maximum Gasteiger partial charge on any atom is 0.339 e. The molecule has 0 fully saturated rings. The van der Waals surface area contributed by atoms with Crippen LogP contribution in [0.5, 0.6) is 23.0 Å². The first-order valence-electron chi connectivity index (χ1n) is 8.98. The minimum absolute atomic E-state index is 0.161. The van der Waals surface area contributed by atoms with Crippen molar-refractivity contribution in [2.45, 2.75) is 13.5 Å². The molecule has 5 rings (SSSR count). The first-order valence-corrected chi connectivity index (χ1v) is 8.98. The lowest BCUT2D eigenvalue weighted by Crippen LogP contribution is -2.04. The van der Waals surface area contributed by atoms with Gasteiger partial charge in [-0.2, -0.15) is 0 Å². The van der Waals surface area contributed by atoms with Gasteiger partial charge in [-0.25, -0.2) is 4.79 Å². The van der Waals surface area contributed by atoms with Gasteiger partial charge in [0.15, 0.2) is 23.0 Å². The molecule has 0 aliphatic carbocycles. The second-order valence-electron chi connectivity index (χ2n) is 6.75. The number of carbonyl (C=O) groups excluding carboxylic acids is 2. The van der Waals surface area contributed by atoms with Gasteiger partial charge in [-0.05, 0) is 46.7 Å². The van der Waals surface area contributed by atoms with E-state index in [1.54, 1.807) is 12.1 Å². The maximum absolute atomic E-state index is 12.5. The molecule has 0 radical (unpaired) electrons. The zero-order valence-electron chi connectivity index (χ0n) is 15.7. The Labute approximate surface area is 165 Å². The molecule has 0 saturated carbocycles. The average Bonchev–Trinajstić information content (AvgIpc) is 3.31. The van der Waals surface area contributed by atoms with Crippen LogP contribution in [0, 0.1) is 0 Å². The van der Waals surface area contributed by atoms with Gasteiger partial charge in [0.05, 0.1) is 12.7 Å². The van der Waals surface area contributed by atoms with Crippen LogP contribution in [0.1, 0.15) is 22.8 Å². The monoisotopic (exact) mass is 392 g/mol. The third kappa shape index (κ3) is 2.74. The highest BCUT2D eigenvalue weighted by atomic mass is 16.7. The molecule has 7 heteroatoms. The molecule has 0 bridgehead atoms. The van der Waals surface area contributed by atoms with Crippen molar-refractivity contribution in [2.75, 3.05) is 13.9 Å². The topological polar surface area (TPSA) is 80.3 Å². The zero-order valence-corrected chi connectivity index (χ0v) is 15.7. The fourth-order valence-corrected chi connectivity index (χ4v) is 3.78. The molecule has 3 aromatic carbocycles. The lowest BCUT2D eigenvalue weighted by molar-refractivity contribution is -0.132. The summed E-state index contributed by atoms with van der Waals surface area (Å²) in [5, 5.41) is 1.57. The van der Waals surface area contributed by atoms with Crippen molar-refractivity contribution in [1.29, 1.82) is 0 Å². The highest BCUT2D eigenvalue weighted by molar-refractivity contribution is 6.11. The molecule has 0 N–H and O–H groups in total. The van der Waals surface area contributed by atoms with Gasteiger partial charge in [0.25, 0.3) is 0 Å². The van der Waals surface area contributed by atoms with E-state index in [-0.39, 0.29) is 19.4 Å². The third-order valence-corrected chi connectivity index (χ3v) is 4.98. The molecule has 0 saturated heterocycles. The van der Waals surface area contributed by atoms with Gasteiger partial charge in [-0.15, -0.1) is 0 Å². The third-order valence-electron chi connectivity index (χ3n) is 4.98. The summed E-state index contributed by atoms with van der Waals surface area (Å²) in [7, 11) is 1.50. The highest BCUT2D eigenvalue weighted by Gasteiger charge is 2.29. The van der Waals surface area contributed by atoms with Crippen LogP contribution < -0.4 is 18.9 Å². The number of fused-ring (bicyclic) bond motifs is 3. The summed E-state index contributed by atoms with van der Waals surface area (Å²) in [4.78, 5) is 24.0. The first-order chi connectivity index (χ1) is 14.0. The molecule has 7 nitrogen and oxygen atoms in total. The van der Waals surface area contributed by atoms with E-state index in [9.17, 15) is 9.59 Å². The van der Waals surface area contributed by atoms with E-state index in [4.69, 9.17) is 23.7 Å². The van der Waals surface area contributed by atoms with E-state index in [2.05, 4.69) is 0 Å². The van der Waals surface area contributed by atoms with Crippen LogP contribution in [0.4, 0.5) is 0 Å². The molecule has 2 heterocycles. The van der Waals surface area contributed by atoms with Gasteiger partial charge in [0.1, 0.15) is 6.61 Å². The summed E-state index contributed by atoms with van der Waals surface area (Å²) in [6, 6.07) is 10.9. The van der Waals surface area contributed by atoms with E-state index in [1.807, 2.05) is 24.3 Å². The van der Waals surface area contributed by atoms with Crippen molar-refractivity contribution < 1.29 is 33.3 Å². The quantitative estimate of drug-likeness (QED) is 0.495. The van der Waals surface area contributed by atoms with Gasteiger partial charge in [-0.1, -0.05) is 6.07 Å². The summed E-state index contributed by atoms with van der Waals surface area (Å²) in [6.07, 6.45) is 0. The Balaban J connectivity index is 1.82. The van der Waals surface area contributed by atoms with Gasteiger partial charge in [-0.3, -0.25) is 4.79 Å². The number of rotatable bonds is 3. The average molecular weight is 392 g/mol. The smallest absolute Gasteiger partial charge is 0.339 e. The second kappa shape index (κ2) is 6.41. The Morgan fingerprint density at radius 2 is 1.79 bits per heavy atom. The number of ether oxygens (including phenoxy) is 5. The largest absolute Gasteiger partial charge is 0.493 e. The second-order valence-corrected chi connectivity index (χ2v) is 6.75. The van der Waals surface area contributed by atoms with Crippen LogP contribution in [0.25, 0.3) is 21.9 Å². The van der Waals surface area contributed by atoms with Crippen molar-refractivity contribution in [2.24, 2.45) is 0 Å². The van der Waals surface area contributed by atoms with E-state index >= 15 is 0 Å². The van der Waals surface area contributed by atoms with Gasteiger partial charge in [0, 0.05) is 18.1 Å².